The fourth-order valence-electron chi connectivity index (χ4n) is 1.68. The number of nitrogens with one attached hydrogen (secondary N) is 1. The number of nitrogen functional groups attached to an aromatic ring is 1. The van der Waals surface area contributed by atoms with Gasteiger partial charge in [-0.3, -0.25) is 4.79 Å². The number of benzene rings is 1. The zero-order valence-corrected chi connectivity index (χ0v) is 11.6. The molecule has 1 aromatic heterocycles. The van der Waals surface area contributed by atoms with Crippen molar-refractivity contribution >= 4 is 17.7 Å². The van der Waals surface area contributed by atoms with E-state index in [0.29, 0.717) is 24.6 Å². The van der Waals surface area contributed by atoms with Gasteiger partial charge in [0.1, 0.15) is 11.5 Å². The highest BCUT2D eigenvalue weighted by molar-refractivity contribution is 5.91. The predicted molar refractivity (Wildman–Crippen MR) is 81.7 cm³/mol. The molecule has 0 spiro atoms. The standard InChI is InChI=1S/C16H18N2O3/c17-13-4-1-5-15(12-13)21-11-3-9-18-16(19)8-7-14-6-2-10-20-14/h1-2,4-8,10,12H,3,9,11,17H2,(H,18,19)/b8-7+. The Bertz CT molecular complexity index is 591. The van der Waals surface area contributed by atoms with Gasteiger partial charge in [-0.05, 0) is 36.8 Å². The minimum atomic E-state index is -0.157. The van der Waals surface area contributed by atoms with Crippen molar-refractivity contribution in [3.05, 3.63) is 54.5 Å². The first kappa shape index (κ1) is 14.7. The van der Waals surface area contributed by atoms with E-state index in [0.717, 1.165) is 12.2 Å². The van der Waals surface area contributed by atoms with Gasteiger partial charge in [-0.15, -0.1) is 0 Å². The largest absolute Gasteiger partial charge is 0.493 e. The third kappa shape index (κ3) is 5.44. The van der Waals surface area contributed by atoms with Gasteiger partial charge in [-0.25, -0.2) is 0 Å². The highest BCUT2D eigenvalue weighted by Crippen LogP contribution is 2.14. The van der Waals surface area contributed by atoms with Crippen LogP contribution in [-0.2, 0) is 4.79 Å². The normalized spacial score (nSPS) is 10.7. The molecule has 0 fully saturated rings. The van der Waals surface area contributed by atoms with Gasteiger partial charge >= 0.3 is 0 Å². The zero-order chi connectivity index (χ0) is 14.9. The minimum absolute atomic E-state index is 0.157. The maximum absolute atomic E-state index is 11.5. The van der Waals surface area contributed by atoms with Crippen molar-refractivity contribution in [3.8, 4) is 5.75 Å². The summed E-state index contributed by atoms with van der Waals surface area (Å²) in [6.07, 6.45) is 5.34. The average molecular weight is 286 g/mol. The van der Waals surface area contributed by atoms with Crippen LogP contribution in [0.3, 0.4) is 0 Å². The highest BCUT2D eigenvalue weighted by Gasteiger charge is 1.97. The molecule has 5 nitrogen and oxygen atoms in total. The first-order valence-electron chi connectivity index (χ1n) is 6.72. The molecule has 21 heavy (non-hydrogen) atoms. The number of furan rings is 1. The molecule has 1 heterocycles. The van der Waals surface area contributed by atoms with Gasteiger partial charge in [0.15, 0.2) is 0 Å². The fourth-order valence-corrected chi connectivity index (χ4v) is 1.68. The smallest absolute Gasteiger partial charge is 0.244 e. The summed E-state index contributed by atoms with van der Waals surface area (Å²) >= 11 is 0. The molecule has 0 saturated carbocycles. The second-order valence-electron chi connectivity index (χ2n) is 4.41. The van der Waals surface area contributed by atoms with Crippen LogP contribution in [0, 0.1) is 0 Å². The first-order valence-corrected chi connectivity index (χ1v) is 6.72. The lowest BCUT2D eigenvalue weighted by atomic mass is 10.3. The van der Waals surface area contributed by atoms with E-state index in [1.807, 2.05) is 12.1 Å². The topological polar surface area (TPSA) is 77.5 Å². The monoisotopic (exact) mass is 286 g/mol. The number of carbonyl (C=O) groups excluding carboxylic acids is 1. The van der Waals surface area contributed by atoms with Gasteiger partial charge in [-0.1, -0.05) is 6.07 Å². The molecular weight excluding hydrogens is 268 g/mol. The van der Waals surface area contributed by atoms with Gasteiger partial charge in [0.05, 0.1) is 12.9 Å². The Hall–Kier alpha value is -2.69. The molecule has 0 aliphatic rings. The van der Waals surface area contributed by atoms with Crippen LogP contribution in [0.4, 0.5) is 5.69 Å². The van der Waals surface area contributed by atoms with Gasteiger partial charge in [0, 0.05) is 24.4 Å². The van der Waals surface area contributed by atoms with Crippen LogP contribution in [-0.4, -0.2) is 19.1 Å². The van der Waals surface area contributed by atoms with Crippen molar-refractivity contribution in [1.29, 1.82) is 0 Å². The van der Waals surface area contributed by atoms with Crippen LogP contribution in [0.5, 0.6) is 5.75 Å². The van der Waals surface area contributed by atoms with Crippen molar-refractivity contribution in [3.63, 3.8) is 0 Å². The van der Waals surface area contributed by atoms with E-state index < -0.39 is 0 Å². The van der Waals surface area contributed by atoms with Crippen molar-refractivity contribution < 1.29 is 13.9 Å². The molecule has 0 radical (unpaired) electrons. The van der Waals surface area contributed by atoms with Crippen molar-refractivity contribution in [1.82, 2.24) is 5.32 Å². The fraction of sp³-hybridized carbons (Fsp3) is 0.188. The molecule has 0 saturated heterocycles. The van der Waals surface area contributed by atoms with Crippen LogP contribution in [0.25, 0.3) is 6.08 Å². The zero-order valence-electron chi connectivity index (χ0n) is 11.6. The maximum Gasteiger partial charge on any atom is 0.244 e. The van der Waals surface area contributed by atoms with E-state index in [2.05, 4.69) is 5.32 Å². The Morgan fingerprint density at radius 1 is 1.33 bits per heavy atom. The summed E-state index contributed by atoms with van der Waals surface area (Å²) in [4.78, 5) is 11.5. The van der Waals surface area contributed by atoms with Crippen LogP contribution < -0.4 is 15.8 Å². The SMILES string of the molecule is Nc1cccc(OCCCNC(=O)/C=C/c2ccco2)c1. The number of hydrogen-bond donors (Lipinski definition) is 2. The number of carbonyl (C=O) groups is 1. The molecular formula is C16H18N2O3. The summed E-state index contributed by atoms with van der Waals surface area (Å²) in [6, 6.07) is 10.8. The molecule has 1 amide bonds. The van der Waals surface area contributed by atoms with Crippen LogP contribution in [0.2, 0.25) is 0 Å². The van der Waals surface area contributed by atoms with E-state index in [9.17, 15) is 4.79 Å². The Balaban J connectivity index is 1.60. The average Bonchev–Trinajstić information content (AvgIpc) is 2.98. The van der Waals surface area contributed by atoms with E-state index in [1.54, 1.807) is 36.6 Å². The lowest BCUT2D eigenvalue weighted by molar-refractivity contribution is -0.116. The van der Waals surface area contributed by atoms with E-state index in [-0.39, 0.29) is 5.91 Å². The van der Waals surface area contributed by atoms with Crippen molar-refractivity contribution in [2.75, 3.05) is 18.9 Å². The Labute approximate surface area is 123 Å². The summed E-state index contributed by atoms with van der Waals surface area (Å²) in [7, 11) is 0. The van der Waals surface area contributed by atoms with Gasteiger partial charge in [0.25, 0.3) is 0 Å². The highest BCUT2D eigenvalue weighted by atomic mass is 16.5. The van der Waals surface area contributed by atoms with Gasteiger partial charge < -0.3 is 20.2 Å². The van der Waals surface area contributed by atoms with E-state index in [1.165, 1.54) is 6.08 Å². The van der Waals surface area contributed by atoms with Crippen LogP contribution >= 0.6 is 0 Å². The predicted octanol–water partition coefficient (Wildman–Crippen LogP) is 2.46. The van der Waals surface area contributed by atoms with E-state index >= 15 is 0 Å². The lowest BCUT2D eigenvalue weighted by Gasteiger charge is -2.06. The second-order valence-corrected chi connectivity index (χ2v) is 4.41. The number of ether oxygens (including phenoxy) is 1. The van der Waals surface area contributed by atoms with E-state index in [4.69, 9.17) is 14.9 Å². The molecule has 1 aromatic carbocycles. The van der Waals surface area contributed by atoms with Crippen molar-refractivity contribution in [2.45, 2.75) is 6.42 Å². The molecule has 0 bridgehead atoms. The number of anilines is 1. The second kappa shape index (κ2) is 7.79. The molecule has 0 aliphatic carbocycles. The van der Waals surface area contributed by atoms with Crippen LogP contribution in [0.15, 0.2) is 53.2 Å². The summed E-state index contributed by atoms with van der Waals surface area (Å²) in [5.74, 6) is 1.23. The number of rotatable bonds is 7. The first-order chi connectivity index (χ1) is 10.2. The summed E-state index contributed by atoms with van der Waals surface area (Å²) in [5.41, 5.74) is 6.32. The molecule has 2 rings (SSSR count). The quantitative estimate of drug-likeness (QED) is 0.465. The third-order valence-electron chi connectivity index (χ3n) is 2.69. The summed E-state index contributed by atoms with van der Waals surface area (Å²) in [5, 5.41) is 2.77. The molecule has 2 aromatic rings. The van der Waals surface area contributed by atoms with Gasteiger partial charge in [0.2, 0.25) is 5.91 Å². The summed E-state index contributed by atoms with van der Waals surface area (Å²) in [6.45, 7) is 1.06. The van der Waals surface area contributed by atoms with Crippen LogP contribution in [0.1, 0.15) is 12.2 Å². The Morgan fingerprint density at radius 3 is 3.00 bits per heavy atom. The Kier molecular flexibility index (Phi) is 5.46. The maximum atomic E-state index is 11.5. The molecule has 110 valence electrons. The number of nitrogens with two attached hydrogens (primary N) is 1. The molecule has 5 heteroatoms. The summed E-state index contributed by atoms with van der Waals surface area (Å²) < 4.78 is 10.6. The minimum Gasteiger partial charge on any atom is -0.493 e. The molecule has 0 atom stereocenters. The number of amides is 1. The van der Waals surface area contributed by atoms with Crippen molar-refractivity contribution in [2.24, 2.45) is 0 Å². The number of hydrogen-bond acceptors (Lipinski definition) is 4. The lowest BCUT2D eigenvalue weighted by Crippen LogP contribution is -2.23. The Morgan fingerprint density at radius 2 is 2.24 bits per heavy atom. The molecule has 0 aliphatic heterocycles. The van der Waals surface area contributed by atoms with Gasteiger partial charge in [-0.2, -0.15) is 0 Å². The molecule has 3 N–H and O–H groups in total. The molecule has 0 unspecified atom stereocenters. The third-order valence-corrected chi connectivity index (χ3v) is 2.69.